The van der Waals surface area contributed by atoms with Gasteiger partial charge in [-0.1, -0.05) is 23.7 Å². The van der Waals surface area contributed by atoms with Crippen LogP contribution in [0.3, 0.4) is 0 Å². The number of thiazole rings is 1. The van der Waals surface area contributed by atoms with Gasteiger partial charge in [-0.3, -0.25) is 9.36 Å². The van der Waals surface area contributed by atoms with E-state index in [1.54, 1.807) is 44.2 Å². The van der Waals surface area contributed by atoms with Crippen molar-refractivity contribution in [2.75, 3.05) is 11.9 Å². The minimum Gasteiger partial charge on any atom is -0.462 e. The summed E-state index contributed by atoms with van der Waals surface area (Å²) in [5.41, 5.74) is -0.279. The van der Waals surface area contributed by atoms with Gasteiger partial charge in [0.25, 0.3) is 5.56 Å². The number of urea groups is 1. The van der Waals surface area contributed by atoms with Crippen LogP contribution >= 0.6 is 22.9 Å². The number of hydrogen-bond donors (Lipinski definition) is 2. The molecule has 0 atom stereocenters. The molecule has 0 aliphatic rings. The number of nitriles is 1. The molecule has 0 spiro atoms. The van der Waals surface area contributed by atoms with Crippen LogP contribution in [0, 0.1) is 11.3 Å². The zero-order valence-electron chi connectivity index (χ0n) is 15.1. The van der Waals surface area contributed by atoms with Gasteiger partial charge in [0.15, 0.2) is 5.57 Å². The van der Waals surface area contributed by atoms with Crippen molar-refractivity contribution in [2.45, 2.75) is 20.4 Å². The number of halogens is 1. The minimum atomic E-state index is -0.801. The molecule has 0 radical (unpaired) electrons. The highest BCUT2D eigenvalue weighted by Gasteiger charge is 2.16. The predicted molar refractivity (Wildman–Crippen MR) is 107 cm³/mol. The van der Waals surface area contributed by atoms with E-state index in [-0.39, 0.29) is 27.9 Å². The maximum absolute atomic E-state index is 12.5. The number of rotatable bonds is 5. The van der Waals surface area contributed by atoms with Crippen LogP contribution in [-0.4, -0.2) is 23.2 Å². The molecule has 1 aromatic heterocycles. The molecule has 0 fully saturated rings. The number of hydrogen-bond acceptors (Lipinski definition) is 6. The average Bonchev–Trinajstić information content (AvgIpc) is 2.98. The molecule has 2 amide bonds. The molecule has 2 rings (SSSR count). The summed E-state index contributed by atoms with van der Waals surface area (Å²) in [6, 6.07) is 7.88. The van der Waals surface area contributed by atoms with Gasteiger partial charge in [0.1, 0.15) is 15.3 Å². The first-order chi connectivity index (χ1) is 13.4. The first kappa shape index (κ1) is 21.2. The van der Waals surface area contributed by atoms with Crippen molar-refractivity contribution >= 4 is 52.4 Å². The van der Waals surface area contributed by atoms with Gasteiger partial charge in [-0.25, -0.2) is 9.59 Å². The molecule has 0 aliphatic heterocycles. The molecule has 2 N–H and O–H groups in total. The molecular weight excluding hydrogens is 404 g/mol. The van der Waals surface area contributed by atoms with E-state index < -0.39 is 17.6 Å². The standard InChI is InChI=1S/C18H17ClN4O4S/c1-3-23-15(24)14(28-16(23)11(9-20)17(25)27-4-2)10-21-18(26)22-13-8-6-5-7-12(13)19/h5-8,10H,3-4H2,1-2H3,(H2,21,22,26). The highest BCUT2D eigenvalue weighted by Crippen LogP contribution is 2.19. The number of aromatic nitrogens is 1. The quantitative estimate of drug-likeness (QED) is 0.709. The fraction of sp³-hybridized carbons (Fsp3) is 0.222. The van der Waals surface area contributed by atoms with Gasteiger partial charge < -0.3 is 15.4 Å². The summed E-state index contributed by atoms with van der Waals surface area (Å²) in [6.07, 6.45) is 1.22. The third kappa shape index (κ3) is 4.79. The first-order valence-electron chi connectivity index (χ1n) is 8.26. The number of amides is 2. The number of para-hydroxylation sites is 1. The lowest BCUT2D eigenvalue weighted by Crippen LogP contribution is -2.34. The zero-order chi connectivity index (χ0) is 20.7. The second-order valence-corrected chi connectivity index (χ2v) is 6.69. The second kappa shape index (κ2) is 9.73. The molecule has 2 aromatic rings. The molecule has 10 heteroatoms. The Bertz CT molecular complexity index is 1110. The number of esters is 1. The maximum atomic E-state index is 12.5. The van der Waals surface area contributed by atoms with Gasteiger partial charge in [0.05, 0.1) is 17.3 Å². The molecule has 0 saturated heterocycles. The van der Waals surface area contributed by atoms with Crippen LogP contribution < -0.4 is 25.4 Å². The smallest absolute Gasteiger partial charge is 0.351 e. The normalized spacial score (nSPS) is 12.1. The Hall–Kier alpha value is -3.09. The van der Waals surface area contributed by atoms with Crippen molar-refractivity contribution in [1.82, 2.24) is 9.88 Å². The van der Waals surface area contributed by atoms with Gasteiger partial charge in [-0.15, -0.1) is 11.3 Å². The Labute approximate surface area is 169 Å². The van der Waals surface area contributed by atoms with E-state index >= 15 is 0 Å². The Kier molecular flexibility index (Phi) is 7.37. The molecule has 0 aliphatic carbocycles. The molecule has 28 heavy (non-hydrogen) atoms. The van der Waals surface area contributed by atoms with Crippen molar-refractivity contribution in [1.29, 1.82) is 5.26 Å². The molecular formula is C18H17ClN4O4S. The lowest BCUT2D eigenvalue weighted by atomic mass is 10.3. The van der Waals surface area contributed by atoms with Gasteiger partial charge in [0.2, 0.25) is 0 Å². The number of nitrogens with one attached hydrogen (secondary N) is 2. The van der Waals surface area contributed by atoms with E-state index in [9.17, 15) is 19.6 Å². The highest BCUT2D eigenvalue weighted by atomic mass is 35.5. The Balaban J connectivity index is 2.39. The maximum Gasteiger partial charge on any atom is 0.351 e. The van der Waals surface area contributed by atoms with Crippen LogP contribution in [0.25, 0.3) is 11.8 Å². The highest BCUT2D eigenvalue weighted by molar-refractivity contribution is 7.07. The Morgan fingerprint density at radius 2 is 2.07 bits per heavy atom. The van der Waals surface area contributed by atoms with Gasteiger partial charge in [0, 0.05) is 12.7 Å². The number of nitrogens with zero attached hydrogens (tertiary/aromatic N) is 2. The predicted octanol–water partition coefficient (Wildman–Crippen LogP) is 1.38. The van der Waals surface area contributed by atoms with Crippen molar-refractivity contribution in [3.63, 3.8) is 0 Å². The summed E-state index contributed by atoms with van der Waals surface area (Å²) in [5, 5.41) is 14.7. The van der Waals surface area contributed by atoms with Crippen molar-refractivity contribution in [3.05, 3.63) is 48.8 Å². The van der Waals surface area contributed by atoms with Crippen molar-refractivity contribution in [3.8, 4) is 6.07 Å². The number of anilines is 1. The van der Waals surface area contributed by atoms with Crippen LogP contribution in [0.15, 0.2) is 29.1 Å². The lowest BCUT2D eigenvalue weighted by Gasteiger charge is -2.05. The van der Waals surface area contributed by atoms with E-state index in [0.29, 0.717) is 10.7 Å². The van der Waals surface area contributed by atoms with E-state index in [0.717, 1.165) is 11.3 Å². The molecule has 0 bridgehead atoms. The summed E-state index contributed by atoms with van der Waals surface area (Å²) < 4.78 is 6.47. The Morgan fingerprint density at radius 3 is 2.68 bits per heavy atom. The van der Waals surface area contributed by atoms with E-state index in [2.05, 4.69) is 10.6 Å². The number of benzene rings is 1. The fourth-order valence-electron chi connectivity index (χ4n) is 2.23. The third-order valence-electron chi connectivity index (χ3n) is 3.49. The summed E-state index contributed by atoms with van der Waals surface area (Å²) in [4.78, 5) is 36.5. The Morgan fingerprint density at radius 1 is 1.36 bits per heavy atom. The molecule has 1 heterocycles. The average molecular weight is 421 g/mol. The fourth-order valence-corrected chi connectivity index (χ4v) is 3.49. The molecule has 1 aromatic carbocycles. The summed E-state index contributed by atoms with van der Waals surface area (Å²) in [6.45, 7) is 3.68. The number of carbonyl (C=O) groups is 2. The number of carbonyl (C=O) groups excluding carboxylic acids is 2. The van der Waals surface area contributed by atoms with E-state index in [4.69, 9.17) is 16.3 Å². The van der Waals surface area contributed by atoms with Crippen molar-refractivity contribution in [2.24, 2.45) is 0 Å². The zero-order valence-corrected chi connectivity index (χ0v) is 16.7. The van der Waals surface area contributed by atoms with E-state index in [1.165, 1.54) is 10.8 Å². The van der Waals surface area contributed by atoms with Gasteiger partial charge in [-0.05, 0) is 26.0 Å². The molecule has 8 nitrogen and oxygen atoms in total. The summed E-state index contributed by atoms with van der Waals surface area (Å²) in [7, 11) is 0. The minimum absolute atomic E-state index is 0.106. The van der Waals surface area contributed by atoms with E-state index in [1.807, 2.05) is 0 Å². The molecule has 0 unspecified atom stereocenters. The summed E-state index contributed by atoms with van der Waals surface area (Å²) in [5.74, 6) is -0.801. The molecule has 146 valence electrons. The molecule has 0 saturated carbocycles. The topological polar surface area (TPSA) is 113 Å². The van der Waals surface area contributed by atoms with Crippen LogP contribution in [0.1, 0.15) is 13.8 Å². The largest absolute Gasteiger partial charge is 0.462 e. The first-order valence-corrected chi connectivity index (χ1v) is 9.45. The van der Waals surface area contributed by atoms with Gasteiger partial charge >= 0.3 is 12.0 Å². The summed E-state index contributed by atoms with van der Waals surface area (Å²) >= 11 is 6.89. The monoisotopic (exact) mass is 420 g/mol. The van der Waals surface area contributed by atoms with Crippen molar-refractivity contribution < 1.29 is 14.3 Å². The third-order valence-corrected chi connectivity index (χ3v) is 4.95. The van der Waals surface area contributed by atoms with Crippen LogP contribution in [0.5, 0.6) is 0 Å². The van der Waals surface area contributed by atoms with Gasteiger partial charge in [-0.2, -0.15) is 5.26 Å². The SMILES string of the molecule is CCOC(=O)C(C#N)=c1sc(=CNC(=O)Nc2ccccc2Cl)c(=O)n1CC. The van der Waals surface area contributed by atoms with Crippen LogP contribution in [0.2, 0.25) is 5.02 Å². The number of ether oxygens (including phenoxy) is 1. The van der Waals surface area contributed by atoms with Crippen LogP contribution in [-0.2, 0) is 16.1 Å². The lowest BCUT2D eigenvalue weighted by molar-refractivity contribution is -0.136. The van der Waals surface area contributed by atoms with Crippen LogP contribution in [0.4, 0.5) is 10.5 Å². The second-order valence-electron chi connectivity index (χ2n) is 5.25.